The predicted molar refractivity (Wildman–Crippen MR) is 52.1 cm³/mol. The molecule has 0 saturated heterocycles. The Bertz CT molecular complexity index is 256. The van der Waals surface area contributed by atoms with Gasteiger partial charge in [-0.25, -0.2) is 4.39 Å². The molecule has 0 aliphatic carbocycles. The zero-order valence-electron chi connectivity index (χ0n) is 7.36. The Balaban J connectivity index is 2.41. The quantitative estimate of drug-likeness (QED) is 0.754. The Labute approximate surface area is 77.5 Å². The summed E-state index contributed by atoms with van der Waals surface area (Å²) in [6.07, 6.45) is 2.71. The fraction of sp³-hybridized carbons (Fsp3) is 0.273. The lowest BCUT2D eigenvalue weighted by Crippen LogP contribution is -2.03. The van der Waals surface area contributed by atoms with Gasteiger partial charge in [-0.3, -0.25) is 0 Å². The van der Waals surface area contributed by atoms with Crippen molar-refractivity contribution in [1.82, 2.24) is 0 Å². The zero-order chi connectivity index (χ0) is 9.52. The lowest BCUT2D eigenvalue weighted by atomic mass is 10.2. The van der Waals surface area contributed by atoms with Gasteiger partial charge in [0, 0.05) is 0 Å². The van der Waals surface area contributed by atoms with E-state index in [2.05, 4.69) is 0 Å². The third kappa shape index (κ3) is 3.85. The van der Waals surface area contributed by atoms with Crippen LogP contribution in [0.2, 0.25) is 0 Å². The summed E-state index contributed by atoms with van der Waals surface area (Å²) in [5, 5.41) is 8.42. The predicted octanol–water partition coefficient (Wildman–Crippen LogP) is 2.42. The van der Waals surface area contributed by atoms with Gasteiger partial charge in [0.2, 0.25) is 0 Å². The van der Waals surface area contributed by atoms with Gasteiger partial charge in [0.25, 0.3) is 0 Å². The number of aliphatic hydroxyl groups is 1. The average molecular weight is 180 g/mol. The van der Waals surface area contributed by atoms with Gasteiger partial charge >= 0.3 is 0 Å². The van der Waals surface area contributed by atoms with E-state index in [4.69, 9.17) is 5.11 Å². The monoisotopic (exact) mass is 180 g/mol. The van der Waals surface area contributed by atoms with Crippen LogP contribution in [0.3, 0.4) is 0 Å². The van der Waals surface area contributed by atoms with E-state index in [1.54, 1.807) is 6.08 Å². The molecular weight excluding hydrogens is 167 g/mol. The van der Waals surface area contributed by atoms with Crippen molar-refractivity contribution in [3.63, 3.8) is 0 Å². The molecule has 0 radical (unpaired) electrons. The highest BCUT2D eigenvalue weighted by Crippen LogP contribution is 2.04. The molecule has 0 heterocycles. The highest BCUT2D eigenvalue weighted by Gasteiger charge is 1.99. The number of hydrogen-bond donors (Lipinski definition) is 1. The first-order valence-electron chi connectivity index (χ1n) is 4.29. The van der Waals surface area contributed by atoms with Gasteiger partial charge in [-0.2, -0.15) is 0 Å². The molecule has 0 amide bonds. The summed E-state index contributed by atoms with van der Waals surface area (Å²) >= 11 is 0. The summed E-state index contributed by atoms with van der Waals surface area (Å²) in [5.74, 6) is 0. The van der Waals surface area contributed by atoms with Crippen LogP contribution < -0.4 is 0 Å². The number of allylic oxidation sites excluding steroid dienone is 1. The SMILES string of the molecule is OC[C@H](F)C/C=C/c1ccccc1. The maximum atomic E-state index is 12.5. The molecule has 0 aromatic heterocycles. The van der Waals surface area contributed by atoms with Crippen molar-refractivity contribution in [3.8, 4) is 0 Å². The standard InChI is InChI=1S/C11H13FO/c12-11(9-13)8-4-7-10-5-2-1-3-6-10/h1-7,11,13H,8-9H2/b7-4+/t11-/m1/s1. The molecule has 0 aliphatic rings. The molecule has 1 atom stereocenters. The van der Waals surface area contributed by atoms with Crippen LogP contribution in [-0.2, 0) is 0 Å². The number of benzene rings is 1. The Kier molecular flexibility index (Phi) is 4.19. The first kappa shape index (κ1) is 9.93. The highest BCUT2D eigenvalue weighted by atomic mass is 19.1. The number of halogens is 1. The first-order chi connectivity index (χ1) is 6.33. The summed E-state index contributed by atoms with van der Waals surface area (Å²) in [7, 11) is 0. The maximum Gasteiger partial charge on any atom is 0.126 e. The van der Waals surface area contributed by atoms with Gasteiger partial charge in [-0.1, -0.05) is 42.5 Å². The molecule has 0 unspecified atom stereocenters. The third-order valence-electron chi connectivity index (χ3n) is 1.70. The van der Waals surface area contributed by atoms with E-state index < -0.39 is 12.8 Å². The lowest BCUT2D eigenvalue weighted by Gasteiger charge is -1.97. The zero-order valence-corrected chi connectivity index (χ0v) is 7.36. The third-order valence-corrected chi connectivity index (χ3v) is 1.70. The molecule has 1 N–H and O–H groups in total. The van der Waals surface area contributed by atoms with Crippen molar-refractivity contribution in [2.45, 2.75) is 12.6 Å². The van der Waals surface area contributed by atoms with E-state index in [1.807, 2.05) is 36.4 Å². The van der Waals surface area contributed by atoms with Crippen molar-refractivity contribution in [3.05, 3.63) is 42.0 Å². The van der Waals surface area contributed by atoms with Gasteiger partial charge in [0.05, 0.1) is 6.61 Å². The molecule has 2 heteroatoms. The normalized spacial score (nSPS) is 13.4. The molecule has 1 aromatic carbocycles. The van der Waals surface area contributed by atoms with E-state index in [9.17, 15) is 4.39 Å². The molecule has 70 valence electrons. The molecule has 0 aliphatic heterocycles. The van der Waals surface area contributed by atoms with Crippen molar-refractivity contribution in [2.75, 3.05) is 6.61 Å². The molecule has 13 heavy (non-hydrogen) atoms. The van der Waals surface area contributed by atoms with Crippen LogP contribution in [0.4, 0.5) is 4.39 Å². The van der Waals surface area contributed by atoms with Gasteiger partial charge in [0.1, 0.15) is 6.17 Å². The fourth-order valence-electron chi connectivity index (χ4n) is 0.990. The molecule has 0 saturated carbocycles. The van der Waals surface area contributed by atoms with E-state index in [0.717, 1.165) is 5.56 Å². The highest BCUT2D eigenvalue weighted by molar-refractivity contribution is 5.48. The largest absolute Gasteiger partial charge is 0.393 e. The fourth-order valence-corrected chi connectivity index (χ4v) is 0.990. The van der Waals surface area contributed by atoms with Crippen LogP contribution in [0.1, 0.15) is 12.0 Å². The minimum Gasteiger partial charge on any atom is -0.393 e. The summed E-state index contributed by atoms with van der Waals surface area (Å²) in [6.45, 7) is -0.404. The number of aliphatic hydroxyl groups excluding tert-OH is 1. The average Bonchev–Trinajstić information content (AvgIpc) is 2.19. The minimum atomic E-state index is -1.14. The van der Waals surface area contributed by atoms with E-state index in [0.29, 0.717) is 0 Å². The summed E-state index contributed by atoms with van der Waals surface area (Å²) in [4.78, 5) is 0. The molecular formula is C11H13FO. The van der Waals surface area contributed by atoms with Gasteiger partial charge in [-0.15, -0.1) is 0 Å². The van der Waals surface area contributed by atoms with Crippen molar-refractivity contribution < 1.29 is 9.50 Å². The molecule has 0 spiro atoms. The summed E-state index contributed by atoms with van der Waals surface area (Å²) in [6, 6.07) is 9.69. The number of rotatable bonds is 4. The van der Waals surface area contributed by atoms with E-state index in [1.165, 1.54) is 0 Å². The summed E-state index contributed by atoms with van der Waals surface area (Å²) < 4.78 is 12.5. The van der Waals surface area contributed by atoms with Crippen LogP contribution in [0.5, 0.6) is 0 Å². The molecule has 1 aromatic rings. The molecule has 0 bridgehead atoms. The van der Waals surface area contributed by atoms with Crippen LogP contribution in [0.25, 0.3) is 6.08 Å². The summed E-state index contributed by atoms with van der Waals surface area (Å²) in [5.41, 5.74) is 1.05. The van der Waals surface area contributed by atoms with Crippen molar-refractivity contribution in [2.24, 2.45) is 0 Å². The smallest absolute Gasteiger partial charge is 0.126 e. The topological polar surface area (TPSA) is 20.2 Å². The number of hydrogen-bond acceptors (Lipinski definition) is 1. The van der Waals surface area contributed by atoms with Crippen LogP contribution >= 0.6 is 0 Å². The second-order valence-corrected chi connectivity index (χ2v) is 2.83. The van der Waals surface area contributed by atoms with Crippen LogP contribution in [-0.4, -0.2) is 17.9 Å². The minimum absolute atomic E-state index is 0.269. The van der Waals surface area contributed by atoms with Crippen LogP contribution in [0, 0.1) is 0 Å². The maximum absolute atomic E-state index is 12.5. The molecule has 1 nitrogen and oxygen atoms in total. The van der Waals surface area contributed by atoms with Crippen LogP contribution in [0.15, 0.2) is 36.4 Å². The number of alkyl halides is 1. The first-order valence-corrected chi connectivity index (χ1v) is 4.29. The molecule has 1 rings (SSSR count). The van der Waals surface area contributed by atoms with Crippen molar-refractivity contribution >= 4 is 6.08 Å². The van der Waals surface area contributed by atoms with E-state index in [-0.39, 0.29) is 6.42 Å². The van der Waals surface area contributed by atoms with E-state index >= 15 is 0 Å². The Morgan fingerprint density at radius 3 is 2.62 bits per heavy atom. The Morgan fingerprint density at radius 2 is 2.00 bits per heavy atom. The molecule has 0 fully saturated rings. The Morgan fingerprint density at radius 1 is 1.31 bits per heavy atom. The van der Waals surface area contributed by atoms with Gasteiger partial charge in [0.15, 0.2) is 0 Å². The Hall–Kier alpha value is -1.15. The van der Waals surface area contributed by atoms with Gasteiger partial charge < -0.3 is 5.11 Å². The second kappa shape index (κ2) is 5.49. The van der Waals surface area contributed by atoms with Gasteiger partial charge in [-0.05, 0) is 12.0 Å². The lowest BCUT2D eigenvalue weighted by molar-refractivity contribution is 0.180. The van der Waals surface area contributed by atoms with Crippen molar-refractivity contribution in [1.29, 1.82) is 0 Å². The second-order valence-electron chi connectivity index (χ2n) is 2.83.